The van der Waals surface area contributed by atoms with Gasteiger partial charge in [0.1, 0.15) is 4.88 Å². The van der Waals surface area contributed by atoms with Gasteiger partial charge in [-0.1, -0.05) is 0 Å². The lowest BCUT2D eigenvalue weighted by molar-refractivity contribution is 0.0225. The van der Waals surface area contributed by atoms with E-state index in [1.54, 1.807) is 0 Å². The quantitative estimate of drug-likeness (QED) is 0.924. The minimum atomic E-state index is -2.88. The van der Waals surface area contributed by atoms with Crippen LogP contribution in [-0.2, 0) is 6.42 Å². The maximum Gasteiger partial charge on any atom is 0.346 e. The summed E-state index contributed by atoms with van der Waals surface area (Å²) in [5.74, 6) is -4.05. The predicted octanol–water partition coefficient (Wildman–Crippen LogP) is 3.41. The Labute approximate surface area is 91.7 Å². The fourth-order valence-electron chi connectivity index (χ4n) is 1.04. The molecule has 78 valence electrons. The van der Waals surface area contributed by atoms with E-state index in [9.17, 15) is 13.6 Å². The summed E-state index contributed by atoms with van der Waals surface area (Å²) >= 11 is 4.02. The molecule has 14 heavy (non-hydrogen) atoms. The number of thiophene rings is 1. The number of hydrogen-bond donors (Lipinski definition) is 1. The summed E-state index contributed by atoms with van der Waals surface area (Å²) in [6.07, 6.45) is -0.545. The van der Waals surface area contributed by atoms with Crippen LogP contribution in [0.2, 0.25) is 0 Å². The molecule has 1 heterocycles. The number of carbonyl (C=O) groups is 1. The molecule has 0 aliphatic carbocycles. The number of aromatic carboxylic acids is 1. The summed E-state index contributed by atoms with van der Waals surface area (Å²) in [6, 6.07) is 1.42. The number of halogens is 3. The number of rotatable bonds is 3. The van der Waals surface area contributed by atoms with Gasteiger partial charge in [-0.3, -0.25) is 0 Å². The van der Waals surface area contributed by atoms with Crippen LogP contribution >= 0.6 is 27.3 Å². The van der Waals surface area contributed by atoms with Crippen LogP contribution in [0.15, 0.2) is 9.85 Å². The van der Waals surface area contributed by atoms with E-state index in [2.05, 4.69) is 15.9 Å². The second kappa shape index (κ2) is 3.94. The number of carboxylic acids is 1. The van der Waals surface area contributed by atoms with Gasteiger partial charge in [0.25, 0.3) is 0 Å². The topological polar surface area (TPSA) is 37.3 Å². The largest absolute Gasteiger partial charge is 0.477 e. The van der Waals surface area contributed by atoms with Crippen molar-refractivity contribution in [3.63, 3.8) is 0 Å². The molecule has 0 aromatic carbocycles. The summed E-state index contributed by atoms with van der Waals surface area (Å²) in [5.41, 5.74) is 0.168. The van der Waals surface area contributed by atoms with Crippen molar-refractivity contribution in [2.45, 2.75) is 19.3 Å². The third-order valence-corrected chi connectivity index (χ3v) is 3.14. The van der Waals surface area contributed by atoms with Crippen molar-refractivity contribution in [2.24, 2.45) is 0 Å². The van der Waals surface area contributed by atoms with E-state index in [0.717, 1.165) is 18.3 Å². The first-order valence-electron chi connectivity index (χ1n) is 3.69. The van der Waals surface area contributed by atoms with Crippen LogP contribution < -0.4 is 0 Å². The molecule has 0 radical (unpaired) electrons. The summed E-state index contributed by atoms with van der Waals surface area (Å²) in [5, 5.41) is 8.72. The Kier molecular flexibility index (Phi) is 3.26. The molecule has 0 saturated carbocycles. The number of alkyl halides is 2. The monoisotopic (exact) mass is 284 g/mol. The molecular formula is C8H7BrF2O2S. The van der Waals surface area contributed by atoms with Crippen molar-refractivity contribution in [2.75, 3.05) is 0 Å². The minimum Gasteiger partial charge on any atom is -0.477 e. The molecule has 0 amide bonds. The molecule has 0 fully saturated rings. The summed E-state index contributed by atoms with van der Waals surface area (Å²) in [4.78, 5) is 10.6. The van der Waals surface area contributed by atoms with E-state index in [-0.39, 0.29) is 10.4 Å². The highest BCUT2D eigenvalue weighted by Crippen LogP contribution is 2.31. The Hall–Kier alpha value is -0.490. The molecule has 0 unspecified atom stereocenters. The zero-order chi connectivity index (χ0) is 10.9. The second-order valence-electron chi connectivity index (χ2n) is 2.96. The smallest absolute Gasteiger partial charge is 0.346 e. The second-order valence-corrected chi connectivity index (χ2v) is 5.39. The molecule has 0 aliphatic rings. The van der Waals surface area contributed by atoms with Crippen molar-refractivity contribution in [1.82, 2.24) is 0 Å². The lowest BCUT2D eigenvalue weighted by Crippen LogP contribution is -2.14. The zero-order valence-corrected chi connectivity index (χ0v) is 9.58. The number of carboxylic acid groups (broad SMARTS) is 1. The first kappa shape index (κ1) is 11.6. The molecule has 2 nitrogen and oxygen atoms in total. The van der Waals surface area contributed by atoms with Gasteiger partial charge in [0.05, 0.1) is 3.79 Å². The fraction of sp³-hybridized carbons (Fsp3) is 0.375. The van der Waals surface area contributed by atoms with Gasteiger partial charge in [-0.2, -0.15) is 0 Å². The molecule has 0 saturated heterocycles. The van der Waals surface area contributed by atoms with Crippen LogP contribution in [0.5, 0.6) is 0 Å². The molecule has 0 bridgehead atoms. The van der Waals surface area contributed by atoms with E-state index in [0.29, 0.717) is 3.79 Å². The van der Waals surface area contributed by atoms with Gasteiger partial charge < -0.3 is 5.11 Å². The average Bonchev–Trinajstić information content (AvgIpc) is 2.27. The molecule has 0 spiro atoms. The van der Waals surface area contributed by atoms with Gasteiger partial charge in [-0.15, -0.1) is 11.3 Å². The lowest BCUT2D eigenvalue weighted by Gasteiger charge is -2.08. The number of hydrogen-bond acceptors (Lipinski definition) is 2. The SMILES string of the molecule is CC(F)(F)Cc1cc(Br)sc1C(=O)O. The first-order valence-corrected chi connectivity index (χ1v) is 5.30. The molecule has 0 aliphatic heterocycles. The van der Waals surface area contributed by atoms with Gasteiger partial charge >= 0.3 is 5.97 Å². The van der Waals surface area contributed by atoms with E-state index < -0.39 is 18.3 Å². The molecule has 1 N–H and O–H groups in total. The Bertz CT molecular complexity index is 357. The van der Waals surface area contributed by atoms with Gasteiger partial charge in [0.2, 0.25) is 5.92 Å². The van der Waals surface area contributed by atoms with Crippen molar-refractivity contribution in [3.8, 4) is 0 Å². The Balaban J connectivity index is 3.02. The molecule has 1 aromatic heterocycles. The van der Waals surface area contributed by atoms with Crippen LogP contribution in [0, 0.1) is 0 Å². The third kappa shape index (κ3) is 3.02. The minimum absolute atomic E-state index is 0.0293. The van der Waals surface area contributed by atoms with Gasteiger partial charge in [-0.05, 0) is 34.5 Å². The van der Waals surface area contributed by atoms with Crippen LogP contribution in [-0.4, -0.2) is 17.0 Å². The summed E-state index contributed by atoms with van der Waals surface area (Å²) in [6.45, 7) is 0.768. The normalized spacial score (nSPS) is 11.7. The first-order chi connectivity index (χ1) is 6.29. The van der Waals surface area contributed by atoms with Crippen molar-refractivity contribution in [3.05, 3.63) is 20.3 Å². The van der Waals surface area contributed by atoms with Crippen LogP contribution in [0.1, 0.15) is 22.2 Å². The highest BCUT2D eigenvalue weighted by Gasteiger charge is 2.26. The third-order valence-electron chi connectivity index (χ3n) is 1.47. The maximum atomic E-state index is 12.7. The molecule has 0 atom stereocenters. The van der Waals surface area contributed by atoms with E-state index in [1.807, 2.05) is 0 Å². The molecule has 1 rings (SSSR count). The van der Waals surface area contributed by atoms with Gasteiger partial charge in [0.15, 0.2) is 0 Å². The van der Waals surface area contributed by atoms with Gasteiger partial charge in [-0.25, -0.2) is 13.6 Å². The highest BCUT2D eigenvalue weighted by atomic mass is 79.9. The average molecular weight is 285 g/mol. The zero-order valence-electron chi connectivity index (χ0n) is 7.18. The Morgan fingerprint density at radius 3 is 2.71 bits per heavy atom. The maximum absolute atomic E-state index is 12.7. The van der Waals surface area contributed by atoms with Crippen LogP contribution in [0.25, 0.3) is 0 Å². The summed E-state index contributed by atoms with van der Waals surface area (Å²) in [7, 11) is 0. The summed E-state index contributed by atoms with van der Waals surface area (Å²) < 4.78 is 25.9. The van der Waals surface area contributed by atoms with Crippen molar-refractivity contribution >= 4 is 33.2 Å². The van der Waals surface area contributed by atoms with E-state index in [4.69, 9.17) is 5.11 Å². The Morgan fingerprint density at radius 1 is 1.71 bits per heavy atom. The lowest BCUT2D eigenvalue weighted by atomic mass is 10.1. The fourth-order valence-corrected chi connectivity index (χ4v) is 2.55. The van der Waals surface area contributed by atoms with E-state index in [1.165, 1.54) is 6.07 Å². The molecule has 1 aromatic rings. The predicted molar refractivity (Wildman–Crippen MR) is 53.3 cm³/mol. The standard InChI is InChI=1S/C8H7BrF2O2S/c1-8(10,11)3-4-2-5(9)14-6(4)7(12)13/h2H,3H2,1H3,(H,12,13). The Morgan fingerprint density at radius 2 is 2.29 bits per heavy atom. The van der Waals surface area contributed by atoms with Crippen LogP contribution in [0.3, 0.4) is 0 Å². The van der Waals surface area contributed by atoms with Crippen molar-refractivity contribution in [1.29, 1.82) is 0 Å². The van der Waals surface area contributed by atoms with E-state index >= 15 is 0 Å². The molecular weight excluding hydrogens is 278 g/mol. The van der Waals surface area contributed by atoms with Crippen LogP contribution in [0.4, 0.5) is 8.78 Å². The van der Waals surface area contributed by atoms with Crippen molar-refractivity contribution < 1.29 is 18.7 Å². The highest BCUT2D eigenvalue weighted by molar-refractivity contribution is 9.11. The molecule has 6 heteroatoms. The van der Waals surface area contributed by atoms with Gasteiger partial charge in [0, 0.05) is 6.42 Å².